The quantitative estimate of drug-likeness (QED) is 0.832. The molecule has 0 spiro atoms. The van der Waals surface area contributed by atoms with Gasteiger partial charge in [0.2, 0.25) is 5.91 Å². The van der Waals surface area contributed by atoms with E-state index < -0.39 is 0 Å². The molecule has 2 N–H and O–H groups in total. The SMILES string of the molecule is Cc1ccc2nc(SCC(=O)N[C@@H](C)C3CC3)[nH]c2c1. The van der Waals surface area contributed by atoms with E-state index in [2.05, 4.69) is 35.2 Å². The summed E-state index contributed by atoms with van der Waals surface area (Å²) in [6.45, 7) is 4.14. The number of aryl methyl sites for hydroxylation is 1. The van der Waals surface area contributed by atoms with Gasteiger partial charge in [-0.3, -0.25) is 4.79 Å². The third-order valence-corrected chi connectivity index (χ3v) is 4.55. The molecule has 3 rings (SSSR count). The Hall–Kier alpha value is -1.49. The van der Waals surface area contributed by atoms with E-state index >= 15 is 0 Å². The van der Waals surface area contributed by atoms with Crippen LogP contribution in [0.1, 0.15) is 25.3 Å². The lowest BCUT2D eigenvalue weighted by molar-refractivity contribution is -0.119. The highest BCUT2D eigenvalue weighted by molar-refractivity contribution is 7.99. The number of aromatic nitrogens is 2. The molecule has 0 bridgehead atoms. The number of aromatic amines is 1. The number of benzene rings is 1. The Morgan fingerprint density at radius 1 is 1.55 bits per heavy atom. The largest absolute Gasteiger partial charge is 0.353 e. The van der Waals surface area contributed by atoms with Gasteiger partial charge in [0.1, 0.15) is 0 Å². The van der Waals surface area contributed by atoms with Gasteiger partial charge in [0.25, 0.3) is 0 Å². The van der Waals surface area contributed by atoms with E-state index in [0.29, 0.717) is 17.7 Å². The fraction of sp³-hybridized carbons (Fsp3) is 0.467. The lowest BCUT2D eigenvalue weighted by atomic mass is 10.2. The van der Waals surface area contributed by atoms with Crippen molar-refractivity contribution in [1.29, 1.82) is 0 Å². The average Bonchev–Trinajstić information content (AvgIpc) is 3.17. The molecule has 20 heavy (non-hydrogen) atoms. The van der Waals surface area contributed by atoms with Crippen LogP contribution in [0, 0.1) is 12.8 Å². The molecule has 0 unspecified atom stereocenters. The topological polar surface area (TPSA) is 57.8 Å². The zero-order valence-electron chi connectivity index (χ0n) is 11.8. The number of carbonyl (C=O) groups is 1. The molecule has 1 amide bonds. The minimum absolute atomic E-state index is 0.0889. The van der Waals surface area contributed by atoms with Crippen LogP contribution in [0.4, 0.5) is 0 Å². The first-order valence-electron chi connectivity index (χ1n) is 7.00. The van der Waals surface area contributed by atoms with Gasteiger partial charge < -0.3 is 10.3 Å². The molecule has 2 aromatic rings. The number of hydrogen-bond donors (Lipinski definition) is 2. The fourth-order valence-corrected chi connectivity index (χ4v) is 3.01. The average molecular weight is 289 g/mol. The second kappa shape index (κ2) is 5.48. The minimum atomic E-state index is 0.0889. The van der Waals surface area contributed by atoms with Gasteiger partial charge in [0.05, 0.1) is 16.8 Å². The zero-order valence-corrected chi connectivity index (χ0v) is 12.6. The molecule has 1 aromatic carbocycles. The Balaban J connectivity index is 1.57. The van der Waals surface area contributed by atoms with E-state index in [9.17, 15) is 4.79 Å². The smallest absolute Gasteiger partial charge is 0.230 e. The number of imidazole rings is 1. The van der Waals surface area contributed by atoms with E-state index in [1.807, 2.05) is 12.1 Å². The number of fused-ring (bicyclic) bond motifs is 1. The molecule has 0 aliphatic heterocycles. The summed E-state index contributed by atoms with van der Waals surface area (Å²) in [7, 11) is 0. The number of thioether (sulfide) groups is 1. The highest BCUT2D eigenvalue weighted by atomic mass is 32.2. The number of carbonyl (C=O) groups excluding carboxylic acids is 1. The Kier molecular flexibility index (Phi) is 3.70. The molecule has 1 atom stereocenters. The van der Waals surface area contributed by atoms with Gasteiger partial charge in [-0.15, -0.1) is 0 Å². The first-order chi connectivity index (χ1) is 9.61. The van der Waals surface area contributed by atoms with Crippen LogP contribution in [0.15, 0.2) is 23.4 Å². The summed E-state index contributed by atoms with van der Waals surface area (Å²) in [5.41, 5.74) is 3.18. The fourth-order valence-electron chi connectivity index (χ4n) is 2.31. The Labute approximate surface area is 122 Å². The summed E-state index contributed by atoms with van der Waals surface area (Å²) in [5, 5.41) is 3.86. The first-order valence-corrected chi connectivity index (χ1v) is 7.99. The third-order valence-electron chi connectivity index (χ3n) is 3.67. The van der Waals surface area contributed by atoms with Gasteiger partial charge in [-0.2, -0.15) is 0 Å². The van der Waals surface area contributed by atoms with Crippen LogP contribution in [-0.4, -0.2) is 27.7 Å². The Morgan fingerprint density at radius 3 is 3.10 bits per heavy atom. The maximum atomic E-state index is 11.9. The molecule has 0 saturated heterocycles. The van der Waals surface area contributed by atoms with E-state index in [1.165, 1.54) is 30.2 Å². The van der Waals surface area contributed by atoms with Gasteiger partial charge >= 0.3 is 0 Å². The van der Waals surface area contributed by atoms with Gasteiger partial charge in [-0.05, 0) is 50.3 Å². The summed E-state index contributed by atoms with van der Waals surface area (Å²) in [6, 6.07) is 6.42. The number of hydrogen-bond acceptors (Lipinski definition) is 3. The molecular weight excluding hydrogens is 270 g/mol. The minimum Gasteiger partial charge on any atom is -0.353 e. The molecule has 5 heteroatoms. The van der Waals surface area contributed by atoms with Gasteiger partial charge in [-0.25, -0.2) is 4.98 Å². The van der Waals surface area contributed by atoms with Crippen molar-refractivity contribution >= 4 is 28.7 Å². The normalized spacial score (nSPS) is 16.3. The van der Waals surface area contributed by atoms with Crippen LogP contribution in [0.25, 0.3) is 11.0 Å². The summed E-state index contributed by atoms with van der Waals surface area (Å²) in [4.78, 5) is 19.6. The van der Waals surface area contributed by atoms with Crippen LogP contribution in [0.2, 0.25) is 0 Å². The van der Waals surface area contributed by atoms with Crippen LogP contribution < -0.4 is 5.32 Å². The van der Waals surface area contributed by atoms with Crippen molar-refractivity contribution in [2.45, 2.75) is 37.9 Å². The van der Waals surface area contributed by atoms with E-state index in [0.717, 1.165) is 16.2 Å². The van der Waals surface area contributed by atoms with E-state index in [1.54, 1.807) is 0 Å². The highest BCUT2D eigenvalue weighted by Gasteiger charge is 2.28. The van der Waals surface area contributed by atoms with Gasteiger partial charge in [0, 0.05) is 6.04 Å². The standard InChI is InChI=1S/C15H19N3OS/c1-9-3-6-12-13(7-9)18-15(17-12)20-8-14(19)16-10(2)11-4-5-11/h3,6-7,10-11H,4-5,8H2,1-2H3,(H,16,19)(H,17,18)/t10-/m0/s1. The second-order valence-electron chi connectivity index (χ2n) is 5.54. The number of rotatable bonds is 5. The number of H-pyrrole nitrogens is 1. The number of nitrogens with one attached hydrogen (secondary N) is 2. The number of nitrogens with zero attached hydrogens (tertiary/aromatic N) is 1. The van der Waals surface area contributed by atoms with Crippen LogP contribution in [-0.2, 0) is 4.79 Å². The maximum Gasteiger partial charge on any atom is 0.230 e. The maximum absolute atomic E-state index is 11.9. The Morgan fingerprint density at radius 2 is 2.35 bits per heavy atom. The number of amides is 1. The van der Waals surface area contributed by atoms with Gasteiger partial charge in [0.15, 0.2) is 5.16 Å². The second-order valence-corrected chi connectivity index (χ2v) is 6.51. The molecule has 1 aliphatic carbocycles. The van der Waals surface area contributed by atoms with Crippen LogP contribution >= 0.6 is 11.8 Å². The lowest BCUT2D eigenvalue weighted by Gasteiger charge is -2.11. The summed E-state index contributed by atoms with van der Waals surface area (Å²) in [5.74, 6) is 1.19. The van der Waals surface area contributed by atoms with Gasteiger partial charge in [-0.1, -0.05) is 17.8 Å². The van der Waals surface area contributed by atoms with Crippen molar-refractivity contribution in [3.8, 4) is 0 Å². The first kappa shape index (κ1) is 13.5. The molecule has 4 nitrogen and oxygen atoms in total. The molecule has 0 radical (unpaired) electrons. The summed E-state index contributed by atoms with van der Waals surface area (Å²) >= 11 is 1.46. The van der Waals surface area contributed by atoms with Crippen molar-refractivity contribution in [3.05, 3.63) is 23.8 Å². The third kappa shape index (κ3) is 3.15. The van der Waals surface area contributed by atoms with Crippen LogP contribution in [0.3, 0.4) is 0 Å². The monoisotopic (exact) mass is 289 g/mol. The predicted octanol–water partition coefficient (Wildman–Crippen LogP) is 2.88. The molecule has 1 saturated carbocycles. The molecular formula is C15H19N3OS. The highest BCUT2D eigenvalue weighted by Crippen LogP contribution is 2.32. The van der Waals surface area contributed by atoms with Crippen LogP contribution in [0.5, 0.6) is 0 Å². The zero-order chi connectivity index (χ0) is 14.1. The molecule has 106 valence electrons. The van der Waals surface area contributed by atoms with E-state index in [-0.39, 0.29) is 5.91 Å². The molecule has 1 fully saturated rings. The van der Waals surface area contributed by atoms with E-state index in [4.69, 9.17) is 0 Å². The van der Waals surface area contributed by atoms with Crippen molar-refractivity contribution in [2.75, 3.05) is 5.75 Å². The predicted molar refractivity (Wildman–Crippen MR) is 81.9 cm³/mol. The lowest BCUT2D eigenvalue weighted by Crippen LogP contribution is -2.35. The molecule has 1 aromatic heterocycles. The summed E-state index contributed by atoms with van der Waals surface area (Å²) < 4.78 is 0. The van der Waals surface area contributed by atoms with Crippen molar-refractivity contribution < 1.29 is 4.79 Å². The molecule has 1 heterocycles. The Bertz CT molecular complexity index is 633. The summed E-state index contributed by atoms with van der Waals surface area (Å²) in [6.07, 6.45) is 2.50. The molecule has 1 aliphatic rings. The van der Waals surface area contributed by atoms with Crippen molar-refractivity contribution in [1.82, 2.24) is 15.3 Å². The van der Waals surface area contributed by atoms with Crippen molar-refractivity contribution in [3.63, 3.8) is 0 Å². The van der Waals surface area contributed by atoms with Crippen molar-refractivity contribution in [2.24, 2.45) is 5.92 Å².